The third-order valence-corrected chi connectivity index (χ3v) is 18.2. The van der Waals surface area contributed by atoms with E-state index in [0.717, 1.165) is 64.2 Å². The molecule has 10 rings (SSSR count). The maximum absolute atomic E-state index is 13.8. The summed E-state index contributed by atoms with van der Waals surface area (Å²) in [6.45, 7) is 15.7. The zero-order chi connectivity index (χ0) is 38.1. The Morgan fingerprint density at radius 3 is 1.96 bits per heavy atom. The molecule has 0 aromatic rings. The summed E-state index contributed by atoms with van der Waals surface area (Å²) >= 11 is 0. The molecule has 0 aromatic carbocycles. The zero-order valence-electron chi connectivity index (χ0n) is 33.8. The summed E-state index contributed by atoms with van der Waals surface area (Å²) in [5.74, 6) is 2.85. The van der Waals surface area contributed by atoms with Crippen molar-refractivity contribution in [2.24, 2.45) is 69.0 Å². The lowest BCUT2D eigenvalue weighted by atomic mass is 9.46. The van der Waals surface area contributed by atoms with Crippen LogP contribution in [0, 0.1) is 69.0 Å². The summed E-state index contributed by atoms with van der Waals surface area (Å²) in [6.07, 6.45) is 17.0. The molecule has 296 valence electrons. The van der Waals surface area contributed by atoms with E-state index >= 15 is 0 Å². The molecule has 0 N–H and O–H groups in total. The maximum Gasteiger partial charge on any atom is 0.172 e. The fourth-order valence-electron chi connectivity index (χ4n) is 15.8. The Balaban J connectivity index is 0.000000146. The minimum atomic E-state index is -0.523. The second-order valence-electron chi connectivity index (χ2n) is 20.6. The number of ether oxygens (including phenoxy) is 4. The second kappa shape index (κ2) is 12.8. The highest BCUT2D eigenvalue weighted by atomic mass is 16.7. The SMILES string of the molecule is CC(=O)[C@H]1CC[C@H]2[C@@H]3CCC4=CC(=O)CC[C@]4(C)[C@H]3C(=O)C[C@]12C.CC1([C@H]2CC[C@H]3[C@@H]4CC=C5CC6(CC[C@]5(C)[C@H]4C(=O)C[C@]23C)OCCO6)OCCO1. The number of hydrogen-bond acceptors (Lipinski definition) is 8. The highest BCUT2D eigenvalue weighted by Gasteiger charge is 2.67. The van der Waals surface area contributed by atoms with Gasteiger partial charge < -0.3 is 18.9 Å². The molecule has 2 saturated heterocycles. The van der Waals surface area contributed by atoms with Crippen LogP contribution in [0.25, 0.3) is 0 Å². The van der Waals surface area contributed by atoms with Crippen molar-refractivity contribution in [2.75, 3.05) is 26.4 Å². The normalized spacial score (nSPS) is 48.3. The summed E-state index contributed by atoms with van der Waals surface area (Å²) in [6, 6.07) is 0. The predicted octanol–water partition coefficient (Wildman–Crippen LogP) is 8.15. The Labute approximate surface area is 322 Å². The fourth-order valence-corrected chi connectivity index (χ4v) is 15.8. The van der Waals surface area contributed by atoms with Gasteiger partial charge in [0, 0.05) is 55.8 Å². The quantitative estimate of drug-likeness (QED) is 0.261. The minimum absolute atomic E-state index is 0.0212. The molecular formula is C46H64O8. The number of rotatable bonds is 2. The summed E-state index contributed by atoms with van der Waals surface area (Å²) in [4.78, 5) is 51.1. The molecule has 0 bridgehead atoms. The molecular weight excluding hydrogens is 680 g/mol. The molecule has 8 aliphatic carbocycles. The van der Waals surface area contributed by atoms with Gasteiger partial charge in [-0.2, -0.15) is 0 Å². The molecule has 12 atom stereocenters. The zero-order valence-corrected chi connectivity index (χ0v) is 33.8. The number of allylic oxidation sites excluding steroid dienone is 2. The van der Waals surface area contributed by atoms with Crippen molar-refractivity contribution in [2.45, 2.75) is 143 Å². The van der Waals surface area contributed by atoms with Gasteiger partial charge in [0.15, 0.2) is 17.4 Å². The fraction of sp³-hybridized carbons (Fsp3) is 0.826. The Kier molecular flexibility index (Phi) is 8.87. The first-order valence-electron chi connectivity index (χ1n) is 21.6. The summed E-state index contributed by atoms with van der Waals surface area (Å²) < 4.78 is 24.3. The van der Waals surface area contributed by atoms with Crippen molar-refractivity contribution in [3.63, 3.8) is 0 Å². The van der Waals surface area contributed by atoms with E-state index in [2.05, 4.69) is 40.7 Å². The van der Waals surface area contributed by atoms with Crippen LogP contribution >= 0.6 is 0 Å². The minimum Gasteiger partial charge on any atom is -0.348 e. The lowest BCUT2D eigenvalue weighted by Gasteiger charge is -2.58. The van der Waals surface area contributed by atoms with Crippen molar-refractivity contribution in [1.29, 1.82) is 0 Å². The highest BCUT2D eigenvalue weighted by Crippen LogP contribution is 2.69. The van der Waals surface area contributed by atoms with Crippen molar-refractivity contribution in [3.8, 4) is 0 Å². The van der Waals surface area contributed by atoms with Crippen LogP contribution in [-0.4, -0.2) is 61.1 Å². The Morgan fingerprint density at radius 1 is 0.648 bits per heavy atom. The van der Waals surface area contributed by atoms with Gasteiger partial charge in [-0.25, -0.2) is 0 Å². The number of ketones is 4. The summed E-state index contributed by atoms with van der Waals surface area (Å²) in [5, 5.41) is 0. The molecule has 0 amide bonds. The molecule has 10 aliphatic rings. The Morgan fingerprint density at radius 2 is 1.26 bits per heavy atom. The van der Waals surface area contributed by atoms with Crippen molar-refractivity contribution < 1.29 is 38.1 Å². The van der Waals surface area contributed by atoms with Crippen LogP contribution in [0.1, 0.15) is 131 Å². The van der Waals surface area contributed by atoms with E-state index in [0.29, 0.717) is 86.8 Å². The number of carbonyl (C=O) groups excluding carboxylic acids is 4. The van der Waals surface area contributed by atoms with Crippen LogP contribution in [0.5, 0.6) is 0 Å². The van der Waals surface area contributed by atoms with Gasteiger partial charge in [-0.1, -0.05) is 44.9 Å². The molecule has 0 unspecified atom stereocenters. The van der Waals surface area contributed by atoms with Crippen LogP contribution in [0.15, 0.2) is 23.3 Å². The van der Waals surface area contributed by atoms with Gasteiger partial charge in [0.25, 0.3) is 0 Å². The van der Waals surface area contributed by atoms with Gasteiger partial charge in [0.05, 0.1) is 26.4 Å². The molecule has 8 heteroatoms. The van der Waals surface area contributed by atoms with Crippen molar-refractivity contribution >= 4 is 23.1 Å². The van der Waals surface area contributed by atoms with E-state index in [-0.39, 0.29) is 51.0 Å². The third kappa shape index (κ3) is 5.34. The average Bonchev–Trinajstić information content (AvgIpc) is 3.91. The topological polar surface area (TPSA) is 105 Å². The highest BCUT2D eigenvalue weighted by molar-refractivity contribution is 5.93. The van der Waals surface area contributed by atoms with Crippen LogP contribution in [0.4, 0.5) is 0 Å². The Bertz CT molecular complexity index is 1680. The Hall–Kier alpha value is -2.00. The number of fused-ring (bicyclic) bond motifs is 10. The first-order chi connectivity index (χ1) is 25.6. The summed E-state index contributed by atoms with van der Waals surface area (Å²) in [5.41, 5.74) is 2.32. The smallest absolute Gasteiger partial charge is 0.172 e. The molecule has 54 heavy (non-hydrogen) atoms. The standard InChI is InChI=1S/C25H36O5.C21H28O3/c1-22-8-9-25(29-12-13-30-25)14-16(22)4-5-17-18-6-7-20(24(3)27-10-11-28-24)23(18,2)15-19(26)21(17)22;1-12(22)16-6-7-17-15-5-4-13-10-14(23)8-9-20(13,2)19(15)18(24)11-21(16,17)3/h4,17-18,20-21H,5-15H2,1-3H3;10,15-17,19H,4-9,11H2,1-3H3/t17-,18-,20-,21+,22-,23-;15-,16+,17-,19+,20-,21+/m00/s1. The number of carbonyl (C=O) groups is 4. The number of hydrogen-bond donors (Lipinski definition) is 0. The molecule has 8 fully saturated rings. The largest absolute Gasteiger partial charge is 0.348 e. The van der Waals surface area contributed by atoms with Gasteiger partial charge in [-0.3, -0.25) is 19.2 Å². The monoisotopic (exact) mass is 744 g/mol. The third-order valence-electron chi connectivity index (χ3n) is 18.2. The lowest BCUT2D eigenvalue weighted by molar-refractivity contribution is -0.215. The van der Waals surface area contributed by atoms with E-state index in [9.17, 15) is 19.2 Å². The van der Waals surface area contributed by atoms with E-state index < -0.39 is 11.6 Å². The molecule has 2 heterocycles. The maximum atomic E-state index is 13.8. The van der Waals surface area contributed by atoms with Gasteiger partial charge in [0.1, 0.15) is 17.3 Å². The van der Waals surface area contributed by atoms with Crippen LogP contribution in [0.2, 0.25) is 0 Å². The van der Waals surface area contributed by atoms with Crippen LogP contribution < -0.4 is 0 Å². The van der Waals surface area contributed by atoms with Gasteiger partial charge in [0.2, 0.25) is 0 Å². The predicted molar refractivity (Wildman–Crippen MR) is 202 cm³/mol. The van der Waals surface area contributed by atoms with E-state index in [1.54, 1.807) is 6.92 Å². The average molecular weight is 745 g/mol. The first-order valence-corrected chi connectivity index (χ1v) is 21.6. The van der Waals surface area contributed by atoms with Gasteiger partial charge in [-0.05, 0) is 123 Å². The second-order valence-corrected chi connectivity index (χ2v) is 20.6. The van der Waals surface area contributed by atoms with Crippen LogP contribution in [-0.2, 0) is 38.1 Å². The van der Waals surface area contributed by atoms with Crippen molar-refractivity contribution in [3.05, 3.63) is 23.3 Å². The molecule has 2 aliphatic heterocycles. The van der Waals surface area contributed by atoms with E-state index in [1.807, 2.05) is 6.08 Å². The molecule has 0 aromatic heterocycles. The van der Waals surface area contributed by atoms with Gasteiger partial charge >= 0.3 is 0 Å². The van der Waals surface area contributed by atoms with E-state index in [4.69, 9.17) is 18.9 Å². The van der Waals surface area contributed by atoms with Crippen LogP contribution in [0.3, 0.4) is 0 Å². The molecule has 1 spiro atoms. The van der Waals surface area contributed by atoms with E-state index in [1.165, 1.54) is 17.6 Å². The first kappa shape index (κ1) is 37.6. The number of Topliss-reactive ketones (excluding diaryl/α,β-unsaturated/α-hetero) is 3. The molecule has 8 nitrogen and oxygen atoms in total. The molecule has 6 saturated carbocycles. The summed E-state index contributed by atoms with van der Waals surface area (Å²) in [7, 11) is 0. The molecule has 0 radical (unpaired) electrons. The van der Waals surface area contributed by atoms with Crippen molar-refractivity contribution in [1.82, 2.24) is 0 Å². The lowest BCUT2D eigenvalue weighted by Crippen LogP contribution is -2.57. The van der Waals surface area contributed by atoms with Gasteiger partial charge in [-0.15, -0.1) is 0 Å².